The summed E-state index contributed by atoms with van der Waals surface area (Å²) < 4.78 is 0. The SMILES string of the molecule is CCN(C(=O)C1C2C3CCC(C3)C12)C1CCNC1. The van der Waals surface area contributed by atoms with Crippen LogP contribution in [0.25, 0.3) is 0 Å². The van der Waals surface area contributed by atoms with E-state index in [1.165, 1.54) is 19.3 Å². The number of hydrogen-bond donors (Lipinski definition) is 1. The Hall–Kier alpha value is -0.570. The Kier molecular flexibility index (Phi) is 2.48. The van der Waals surface area contributed by atoms with Gasteiger partial charge in [-0.25, -0.2) is 0 Å². The molecule has 100 valence electrons. The second-order valence-corrected chi connectivity index (χ2v) is 6.78. The molecule has 0 aromatic heterocycles. The van der Waals surface area contributed by atoms with Gasteiger partial charge < -0.3 is 10.2 Å². The fourth-order valence-corrected chi connectivity index (χ4v) is 5.35. The minimum absolute atomic E-state index is 0.428. The lowest BCUT2D eigenvalue weighted by molar-refractivity contribution is -0.135. The molecule has 1 saturated heterocycles. The van der Waals surface area contributed by atoms with Crippen molar-refractivity contribution in [2.75, 3.05) is 19.6 Å². The second kappa shape index (κ2) is 3.96. The maximum Gasteiger partial charge on any atom is 0.226 e. The highest BCUT2D eigenvalue weighted by Crippen LogP contribution is 2.69. The highest BCUT2D eigenvalue weighted by molar-refractivity contribution is 5.83. The second-order valence-electron chi connectivity index (χ2n) is 6.78. The quantitative estimate of drug-likeness (QED) is 0.820. The number of nitrogens with one attached hydrogen (secondary N) is 1. The number of rotatable bonds is 3. The van der Waals surface area contributed by atoms with Crippen LogP contribution in [0.15, 0.2) is 0 Å². The third-order valence-electron chi connectivity index (χ3n) is 6.12. The minimum Gasteiger partial charge on any atom is -0.338 e. The lowest BCUT2D eigenvalue weighted by atomic mass is 10.0. The third-order valence-corrected chi connectivity index (χ3v) is 6.12. The van der Waals surface area contributed by atoms with Gasteiger partial charge in [0.05, 0.1) is 0 Å². The molecule has 5 atom stereocenters. The molecule has 0 aromatic rings. The summed E-state index contributed by atoms with van der Waals surface area (Å²) in [6.07, 6.45) is 5.41. The Morgan fingerprint density at radius 3 is 2.50 bits per heavy atom. The molecule has 5 unspecified atom stereocenters. The highest BCUT2D eigenvalue weighted by atomic mass is 16.2. The van der Waals surface area contributed by atoms with Gasteiger partial charge in [-0.05, 0) is 62.8 Å². The van der Waals surface area contributed by atoms with Crippen molar-refractivity contribution in [1.29, 1.82) is 0 Å². The van der Waals surface area contributed by atoms with Crippen molar-refractivity contribution in [2.24, 2.45) is 29.6 Å². The molecule has 4 aliphatic rings. The topological polar surface area (TPSA) is 32.3 Å². The number of nitrogens with zero attached hydrogens (tertiary/aromatic N) is 1. The molecular formula is C15H24N2O. The molecule has 3 aliphatic carbocycles. The zero-order valence-electron chi connectivity index (χ0n) is 11.3. The number of fused-ring (bicyclic) bond motifs is 5. The maximum absolute atomic E-state index is 12.8. The van der Waals surface area contributed by atoms with Crippen molar-refractivity contribution in [3.63, 3.8) is 0 Å². The van der Waals surface area contributed by atoms with E-state index in [1.807, 2.05) is 0 Å². The third kappa shape index (κ3) is 1.43. The number of amides is 1. The molecule has 1 heterocycles. The Morgan fingerprint density at radius 1 is 1.22 bits per heavy atom. The largest absolute Gasteiger partial charge is 0.338 e. The summed E-state index contributed by atoms with van der Waals surface area (Å²) in [6.45, 7) is 5.13. The van der Waals surface area contributed by atoms with E-state index in [4.69, 9.17) is 0 Å². The van der Waals surface area contributed by atoms with Gasteiger partial charge in [0.25, 0.3) is 0 Å². The molecule has 18 heavy (non-hydrogen) atoms. The monoisotopic (exact) mass is 248 g/mol. The molecule has 0 aromatic carbocycles. The predicted octanol–water partition coefficient (Wildman–Crippen LogP) is 1.49. The zero-order valence-corrected chi connectivity index (χ0v) is 11.3. The van der Waals surface area contributed by atoms with Crippen LogP contribution in [0.3, 0.4) is 0 Å². The van der Waals surface area contributed by atoms with Gasteiger partial charge in [-0.1, -0.05) is 0 Å². The summed E-state index contributed by atoms with van der Waals surface area (Å²) in [7, 11) is 0. The first kappa shape index (κ1) is 11.3. The fraction of sp³-hybridized carbons (Fsp3) is 0.933. The average Bonchev–Trinajstić information content (AvgIpc) is 2.83. The van der Waals surface area contributed by atoms with Crippen LogP contribution in [0.4, 0.5) is 0 Å². The van der Waals surface area contributed by atoms with Crippen molar-refractivity contribution in [3.8, 4) is 0 Å². The summed E-state index contributed by atoms with van der Waals surface area (Å²) in [4.78, 5) is 14.9. The van der Waals surface area contributed by atoms with Crippen molar-refractivity contribution in [3.05, 3.63) is 0 Å². The standard InChI is InChI=1S/C15H24N2O/c1-2-17(11-5-6-16-8-11)15(18)14-12-9-3-4-10(7-9)13(12)14/h9-14,16H,2-8H2,1H3. The fourth-order valence-electron chi connectivity index (χ4n) is 5.35. The van der Waals surface area contributed by atoms with Gasteiger partial charge in [0.1, 0.15) is 0 Å². The Balaban J connectivity index is 1.47. The van der Waals surface area contributed by atoms with Gasteiger partial charge in [0.2, 0.25) is 5.91 Å². The normalized spacial score (nSPS) is 48.3. The summed E-state index contributed by atoms with van der Waals surface area (Å²) in [5.41, 5.74) is 0. The first-order valence-corrected chi connectivity index (χ1v) is 7.82. The van der Waals surface area contributed by atoms with E-state index >= 15 is 0 Å². The van der Waals surface area contributed by atoms with E-state index in [1.54, 1.807) is 0 Å². The smallest absolute Gasteiger partial charge is 0.226 e. The molecule has 1 N–H and O–H groups in total. The minimum atomic E-state index is 0.428. The molecule has 3 heteroatoms. The van der Waals surface area contributed by atoms with E-state index in [-0.39, 0.29) is 0 Å². The summed E-state index contributed by atoms with van der Waals surface area (Å²) in [5, 5.41) is 3.39. The van der Waals surface area contributed by atoms with E-state index in [0.29, 0.717) is 17.9 Å². The molecule has 0 radical (unpaired) electrons. The van der Waals surface area contributed by atoms with Crippen LogP contribution in [-0.4, -0.2) is 36.5 Å². The van der Waals surface area contributed by atoms with E-state index in [0.717, 1.165) is 49.7 Å². The van der Waals surface area contributed by atoms with Gasteiger partial charge in [-0.15, -0.1) is 0 Å². The van der Waals surface area contributed by atoms with E-state index in [9.17, 15) is 4.79 Å². The predicted molar refractivity (Wildman–Crippen MR) is 70.0 cm³/mol. The average molecular weight is 248 g/mol. The lowest BCUT2D eigenvalue weighted by Gasteiger charge is -2.28. The Labute approximate surface area is 109 Å². The zero-order chi connectivity index (χ0) is 12.3. The number of carbonyl (C=O) groups excluding carboxylic acids is 1. The van der Waals surface area contributed by atoms with Crippen LogP contribution in [0.2, 0.25) is 0 Å². The molecule has 0 spiro atoms. The molecule has 1 aliphatic heterocycles. The molecule has 2 bridgehead atoms. The van der Waals surface area contributed by atoms with Crippen LogP contribution in [0.5, 0.6) is 0 Å². The van der Waals surface area contributed by atoms with Crippen molar-refractivity contribution in [2.45, 2.75) is 38.6 Å². The molecule has 4 rings (SSSR count). The van der Waals surface area contributed by atoms with Crippen LogP contribution >= 0.6 is 0 Å². The van der Waals surface area contributed by atoms with Crippen LogP contribution in [0.1, 0.15) is 32.6 Å². The lowest BCUT2D eigenvalue weighted by Crippen LogP contribution is -2.43. The first-order valence-electron chi connectivity index (χ1n) is 7.82. The Morgan fingerprint density at radius 2 is 1.94 bits per heavy atom. The molecule has 3 saturated carbocycles. The van der Waals surface area contributed by atoms with Crippen LogP contribution < -0.4 is 5.32 Å². The Bertz CT molecular complexity index is 348. The highest BCUT2D eigenvalue weighted by Gasteiger charge is 2.68. The number of carbonyl (C=O) groups is 1. The van der Waals surface area contributed by atoms with Crippen LogP contribution in [0, 0.1) is 29.6 Å². The number of hydrogen-bond acceptors (Lipinski definition) is 2. The molecule has 1 amide bonds. The van der Waals surface area contributed by atoms with E-state index in [2.05, 4.69) is 17.1 Å². The van der Waals surface area contributed by atoms with Gasteiger partial charge in [-0.2, -0.15) is 0 Å². The van der Waals surface area contributed by atoms with Crippen molar-refractivity contribution in [1.82, 2.24) is 10.2 Å². The van der Waals surface area contributed by atoms with Crippen molar-refractivity contribution >= 4 is 5.91 Å². The van der Waals surface area contributed by atoms with Gasteiger partial charge in [-0.3, -0.25) is 4.79 Å². The van der Waals surface area contributed by atoms with Crippen LogP contribution in [-0.2, 0) is 4.79 Å². The maximum atomic E-state index is 12.8. The van der Waals surface area contributed by atoms with Gasteiger partial charge in [0, 0.05) is 25.0 Å². The summed E-state index contributed by atoms with van der Waals surface area (Å²) in [6, 6.07) is 0.474. The summed E-state index contributed by atoms with van der Waals surface area (Å²) in [5.74, 6) is 4.33. The summed E-state index contributed by atoms with van der Waals surface area (Å²) >= 11 is 0. The molecule has 3 nitrogen and oxygen atoms in total. The van der Waals surface area contributed by atoms with Crippen molar-refractivity contribution < 1.29 is 4.79 Å². The molecule has 4 fully saturated rings. The molecular weight excluding hydrogens is 224 g/mol. The van der Waals surface area contributed by atoms with Gasteiger partial charge >= 0.3 is 0 Å². The van der Waals surface area contributed by atoms with E-state index < -0.39 is 0 Å². The first-order chi connectivity index (χ1) is 8.81. The van der Waals surface area contributed by atoms with Gasteiger partial charge in [0.15, 0.2) is 0 Å². The number of likely N-dealkylation sites (N-methyl/N-ethyl adjacent to an activating group) is 1.